The van der Waals surface area contributed by atoms with Crippen LogP contribution in [0.3, 0.4) is 0 Å². The Kier molecular flexibility index (Phi) is 4.52. The van der Waals surface area contributed by atoms with Gasteiger partial charge in [-0.1, -0.05) is 12.1 Å². The lowest BCUT2D eigenvalue weighted by molar-refractivity contribution is -0.132. The summed E-state index contributed by atoms with van der Waals surface area (Å²) in [5.41, 5.74) is 1.15. The molecular weight excluding hydrogens is 280 g/mol. The molecule has 0 unspecified atom stereocenters. The van der Waals surface area contributed by atoms with Crippen LogP contribution in [0.5, 0.6) is 11.5 Å². The van der Waals surface area contributed by atoms with Gasteiger partial charge >= 0.3 is 0 Å². The molecule has 2 atom stereocenters. The van der Waals surface area contributed by atoms with Crippen LogP contribution >= 0.6 is 0 Å². The molecule has 5 nitrogen and oxygen atoms in total. The third-order valence-electron chi connectivity index (χ3n) is 4.45. The number of nitrogens with one attached hydrogen (secondary N) is 1. The largest absolute Gasteiger partial charge is 0.490 e. The molecule has 2 aliphatic heterocycles. The molecule has 1 fully saturated rings. The molecule has 0 saturated carbocycles. The SMILES string of the molecule is CCOc1cccc2c1OC[C@@H]1CN(CC)C(=O)CCN[C@H]21. The van der Waals surface area contributed by atoms with Gasteiger partial charge in [0.05, 0.1) is 13.2 Å². The second kappa shape index (κ2) is 6.57. The van der Waals surface area contributed by atoms with Crippen LogP contribution in [0, 0.1) is 5.92 Å². The van der Waals surface area contributed by atoms with Crippen LogP contribution in [-0.2, 0) is 4.79 Å². The van der Waals surface area contributed by atoms with E-state index >= 15 is 0 Å². The van der Waals surface area contributed by atoms with E-state index in [-0.39, 0.29) is 17.9 Å². The number of amides is 1. The monoisotopic (exact) mass is 304 g/mol. The summed E-state index contributed by atoms with van der Waals surface area (Å²) < 4.78 is 11.7. The smallest absolute Gasteiger partial charge is 0.223 e. The van der Waals surface area contributed by atoms with E-state index in [0.717, 1.165) is 30.2 Å². The molecule has 2 aliphatic rings. The number of para-hydroxylation sites is 1. The van der Waals surface area contributed by atoms with E-state index in [0.29, 0.717) is 26.2 Å². The summed E-state index contributed by atoms with van der Waals surface area (Å²) in [7, 11) is 0. The number of ether oxygens (including phenoxy) is 2. The lowest BCUT2D eigenvalue weighted by atomic mass is 9.89. The van der Waals surface area contributed by atoms with Gasteiger partial charge in [0.1, 0.15) is 0 Å². The van der Waals surface area contributed by atoms with E-state index in [9.17, 15) is 4.79 Å². The van der Waals surface area contributed by atoms with Crippen molar-refractivity contribution in [3.05, 3.63) is 23.8 Å². The molecule has 0 aromatic heterocycles. The maximum atomic E-state index is 12.1. The minimum absolute atomic E-state index is 0.214. The van der Waals surface area contributed by atoms with Crippen molar-refractivity contribution >= 4 is 5.91 Å². The lowest BCUT2D eigenvalue weighted by Crippen LogP contribution is -2.47. The first-order valence-electron chi connectivity index (χ1n) is 8.14. The summed E-state index contributed by atoms with van der Waals surface area (Å²) in [5.74, 6) is 2.16. The molecular formula is C17H24N2O3. The molecule has 22 heavy (non-hydrogen) atoms. The maximum Gasteiger partial charge on any atom is 0.223 e. The van der Waals surface area contributed by atoms with Crippen LogP contribution in [0.15, 0.2) is 18.2 Å². The Morgan fingerprint density at radius 3 is 3.05 bits per heavy atom. The first-order chi connectivity index (χ1) is 10.7. The highest BCUT2D eigenvalue weighted by Gasteiger charge is 2.35. The zero-order chi connectivity index (χ0) is 15.5. The number of benzene rings is 1. The quantitative estimate of drug-likeness (QED) is 0.928. The zero-order valence-corrected chi connectivity index (χ0v) is 13.3. The highest BCUT2D eigenvalue weighted by molar-refractivity contribution is 5.76. The zero-order valence-electron chi connectivity index (χ0n) is 13.3. The van der Waals surface area contributed by atoms with Gasteiger partial charge < -0.3 is 19.7 Å². The Bertz CT molecular complexity index is 547. The molecule has 0 spiro atoms. The Hall–Kier alpha value is -1.75. The number of rotatable bonds is 3. The number of fused-ring (bicyclic) bond motifs is 3. The second-order valence-electron chi connectivity index (χ2n) is 5.79. The van der Waals surface area contributed by atoms with Gasteiger partial charge in [-0.05, 0) is 19.9 Å². The Balaban J connectivity index is 1.90. The van der Waals surface area contributed by atoms with Gasteiger partial charge in [0.15, 0.2) is 11.5 Å². The van der Waals surface area contributed by atoms with E-state index < -0.39 is 0 Å². The van der Waals surface area contributed by atoms with Crippen molar-refractivity contribution in [3.8, 4) is 11.5 Å². The average molecular weight is 304 g/mol. The fourth-order valence-corrected chi connectivity index (χ4v) is 3.36. The first kappa shape index (κ1) is 15.2. The minimum atomic E-state index is 0.214. The summed E-state index contributed by atoms with van der Waals surface area (Å²) in [6.07, 6.45) is 0.554. The van der Waals surface area contributed by atoms with Gasteiger partial charge in [-0.25, -0.2) is 0 Å². The molecule has 2 heterocycles. The average Bonchev–Trinajstić information content (AvgIpc) is 2.52. The van der Waals surface area contributed by atoms with E-state index in [1.54, 1.807) is 0 Å². The number of nitrogens with zero attached hydrogens (tertiary/aromatic N) is 1. The highest BCUT2D eigenvalue weighted by atomic mass is 16.5. The Labute approximate surface area is 131 Å². The van der Waals surface area contributed by atoms with Crippen molar-refractivity contribution in [1.82, 2.24) is 10.2 Å². The molecule has 0 radical (unpaired) electrons. The van der Waals surface area contributed by atoms with Crippen molar-refractivity contribution in [1.29, 1.82) is 0 Å². The Morgan fingerprint density at radius 2 is 2.27 bits per heavy atom. The third kappa shape index (κ3) is 2.77. The summed E-state index contributed by atoms with van der Waals surface area (Å²) in [6.45, 7) is 7.45. The predicted molar refractivity (Wildman–Crippen MR) is 84.2 cm³/mol. The minimum Gasteiger partial charge on any atom is -0.490 e. The molecule has 1 saturated heterocycles. The molecule has 5 heteroatoms. The van der Waals surface area contributed by atoms with Crippen molar-refractivity contribution < 1.29 is 14.3 Å². The van der Waals surface area contributed by atoms with Gasteiger partial charge in [0.2, 0.25) is 5.91 Å². The van der Waals surface area contributed by atoms with Crippen molar-refractivity contribution in [2.75, 3.05) is 32.8 Å². The van der Waals surface area contributed by atoms with Crippen molar-refractivity contribution in [2.24, 2.45) is 5.92 Å². The summed E-state index contributed by atoms with van der Waals surface area (Å²) in [6, 6.07) is 6.28. The molecule has 0 bridgehead atoms. The van der Waals surface area contributed by atoms with E-state index in [2.05, 4.69) is 11.4 Å². The Morgan fingerprint density at radius 1 is 1.41 bits per heavy atom. The molecule has 0 aliphatic carbocycles. The summed E-state index contributed by atoms with van der Waals surface area (Å²) in [5, 5.41) is 3.54. The van der Waals surface area contributed by atoms with Crippen molar-refractivity contribution in [3.63, 3.8) is 0 Å². The molecule has 3 rings (SSSR count). The van der Waals surface area contributed by atoms with Crippen LogP contribution in [-0.4, -0.2) is 43.7 Å². The van der Waals surface area contributed by atoms with Gasteiger partial charge in [-0.3, -0.25) is 4.79 Å². The highest BCUT2D eigenvalue weighted by Crippen LogP contribution is 2.42. The molecule has 120 valence electrons. The molecule has 1 aromatic carbocycles. The lowest BCUT2D eigenvalue weighted by Gasteiger charge is -2.39. The maximum absolute atomic E-state index is 12.1. The first-order valence-corrected chi connectivity index (χ1v) is 8.14. The molecule has 1 aromatic rings. The van der Waals surface area contributed by atoms with Gasteiger partial charge in [0.25, 0.3) is 0 Å². The molecule has 1 amide bonds. The standard InChI is InChI=1S/C17H24N2O3/c1-3-19-10-12-11-22-17-13(6-5-7-14(17)21-4-2)16(12)18-9-8-15(19)20/h5-7,12,16,18H,3-4,8-11H2,1-2H3/t12-,16-/m0/s1. The second-order valence-corrected chi connectivity index (χ2v) is 5.79. The fourth-order valence-electron chi connectivity index (χ4n) is 3.36. The van der Waals surface area contributed by atoms with Gasteiger partial charge in [0, 0.05) is 43.6 Å². The fraction of sp³-hybridized carbons (Fsp3) is 0.588. The third-order valence-corrected chi connectivity index (χ3v) is 4.45. The number of hydrogen-bond donors (Lipinski definition) is 1. The normalized spacial score (nSPS) is 24.6. The topological polar surface area (TPSA) is 50.8 Å². The van der Waals surface area contributed by atoms with Crippen LogP contribution in [0.1, 0.15) is 31.9 Å². The van der Waals surface area contributed by atoms with E-state index in [1.165, 1.54) is 0 Å². The van der Waals surface area contributed by atoms with Crippen LogP contribution < -0.4 is 14.8 Å². The number of hydrogen-bond acceptors (Lipinski definition) is 4. The van der Waals surface area contributed by atoms with Crippen LogP contribution in [0.2, 0.25) is 0 Å². The summed E-state index contributed by atoms with van der Waals surface area (Å²) in [4.78, 5) is 14.0. The number of carbonyl (C=O) groups excluding carboxylic acids is 1. The van der Waals surface area contributed by atoms with E-state index in [4.69, 9.17) is 9.47 Å². The molecule has 1 N–H and O–H groups in total. The van der Waals surface area contributed by atoms with E-state index in [1.807, 2.05) is 30.9 Å². The summed E-state index contributed by atoms with van der Waals surface area (Å²) >= 11 is 0. The number of carbonyl (C=O) groups is 1. The van der Waals surface area contributed by atoms with Crippen molar-refractivity contribution in [2.45, 2.75) is 26.3 Å². The van der Waals surface area contributed by atoms with Crippen LogP contribution in [0.4, 0.5) is 0 Å². The van der Waals surface area contributed by atoms with Gasteiger partial charge in [-0.15, -0.1) is 0 Å². The predicted octanol–water partition coefficient (Wildman–Crippen LogP) is 1.98. The van der Waals surface area contributed by atoms with Gasteiger partial charge in [-0.2, -0.15) is 0 Å². The van der Waals surface area contributed by atoms with Crippen LogP contribution in [0.25, 0.3) is 0 Å².